The van der Waals surface area contributed by atoms with Crippen molar-refractivity contribution in [3.63, 3.8) is 0 Å². The van der Waals surface area contributed by atoms with Gasteiger partial charge in [0.1, 0.15) is 0 Å². The van der Waals surface area contributed by atoms with Crippen molar-refractivity contribution in [3.05, 3.63) is 0 Å². The molecule has 3 heteroatoms. The van der Waals surface area contributed by atoms with E-state index in [-0.39, 0.29) is 18.6 Å². The molecule has 0 spiro atoms. The van der Waals surface area contributed by atoms with Crippen LogP contribution in [0.15, 0.2) is 0 Å². The first kappa shape index (κ1) is 13.5. The molecule has 0 aromatic heterocycles. The maximum Gasteiger partial charge on any atom is 0.305 e. The van der Waals surface area contributed by atoms with Crippen LogP contribution in [0.2, 0.25) is 0 Å². The fourth-order valence-electron chi connectivity index (χ4n) is 2.64. The van der Waals surface area contributed by atoms with Crippen LogP contribution in [0.25, 0.3) is 0 Å². The van der Waals surface area contributed by atoms with Crippen LogP contribution < -0.4 is 0 Å². The standard InChI is InChI=1S/C13H24O3/c1-8(2)11-6-5-10(7-12(14)15)16-13(11)9(3)4/h8-11,13H,5-7H2,1-4H3,(H,14,15). The third-order valence-electron chi connectivity index (χ3n) is 3.51. The van der Waals surface area contributed by atoms with Crippen molar-refractivity contribution >= 4 is 5.97 Å². The molecule has 1 fully saturated rings. The molecular formula is C13H24O3. The zero-order chi connectivity index (χ0) is 12.3. The molecule has 0 aliphatic carbocycles. The minimum atomic E-state index is -0.754. The predicted octanol–water partition coefficient (Wildman–Crippen LogP) is 2.94. The van der Waals surface area contributed by atoms with Crippen LogP contribution in [0.1, 0.15) is 47.0 Å². The second-order valence-electron chi connectivity index (χ2n) is 5.55. The van der Waals surface area contributed by atoms with Gasteiger partial charge >= 0.3 is 5.97 Å². The zero-order valence-corrected chi connectivity index (χ0v) is 10.8. The molecule has 1 saturated heterocycles. The Balaban J connectivity index is 2.61. The highest BCUT2D eigenvalue weighted by Gasteiger charge is 2.35. The van der Waals surface area contributed by atoms with Crippen molar-refractivity contribution in [1.29, 1.82) is 0 Å². The summed E-state index contributed by atoms with van der Waals surface area (Å²) in [6.45, 7) is 8.76. The molecule has 1 N–H and O–H groups in total. The minimum Gasteiger partial charge on any atom is -0.481 e. The van der Waals surface area contributed by atoms with Crippen LogP contribution in [0.3, 0.4) is 0 Å². The first-order valence-corrected chi connectivity index (χ1v) is 6.29. The molecule has 1 aliphatic rings. The number of rotatable bonds is 4. The number of hydrogen-bond donors (Lipinski definition) is 1. The highest BCUT2D eigenvalue weighted by atomic mass is 16.5. The van der Waals surface area contributed by atoms with E-state index in [1.165, 1.54) is 0 Å². The van der Waals surface area contributed by atoms with E-state index in [9.17, 15) is 4.79 Å². The monoisotopic (exact) mass is 228 g/mol. The van der Waals surface area contributed by atoms with E-state index < -0.39 is 5.97 Å². The smallest absolute Gasteiger partial charge is 0.305 e. The first-order chi connectivity index (χ1) is 7.41. The van der Waals surface area contributed by atoms with E-state index in [1.807, 2.05) is 0 Å². The molecule has 0 amide bonds. The lowest BCUT2D eigenvalue weighted by atomic mass is 9.78. The van der Waals surface area contributed by atoms with Gasteiger partial charge in [0.2, 0.25) is 0 Å². The Morgan fingerprint density at radius 3 is 2.31 bits per heavy atom. The summed E-state index contributed by atoms with van der Waals surface area (Å²) < 4.78 is 5.95. The van der Waals surface area contributed by atoms with Gasteiger partial charge in [-0.15, -0.1) is 0 Å². The van der Waals surface area contributed by atoms with Gasteiger partial charge in [-0.25, -0.2) is 0 Å². The lowest BCUT2D eigenvalue weighted by Gasteiger charge is -2.40. The summed E-state index contributed by atoms with van der Waals surface area (Å²) in [4.78, 5) is 10.7. The van der Waals surface area contributed by atoms with Gasteiger partial charge in [0, 0.05) is 0 Å². The van der Waals surface area contributed by atoms with Gasteiger partial charge in [-0.05, 0) is 30.6 Å². The van der Waals surface area contributed by atoms with Gasteiger partial charge in [0.25, 0.3) is 0 Å². The Hall–Kier alpha value is -0.570. The summed E-state index contributed by atoms with van der Waals surface area (Å²) in [5.74, 6) is 0.891. The highest BCUT2D eigenvalue weighted by Crippen LogP contribution is 2.35. The van der Waals surface area contributed by atoms with E-state index in [0.717, 1.165) is 12.8 Å². The molecule has 0 aromatic carbocycles. The van der Waals surface area contributed by atoms with E-state index in [1.54, 1.807) is 0 Å². The van der Waals surface area contributed by atoms with E-state index in [4.69, 9.17) is 9.84 Å². The molecule has 1 heterocycles. The minimum absolute atomic E-state index is 0.0834. The van der Waals surface area contributed by atoms with Crippen LogP contribution in [-0.4, -0.2) is 23.3 Å². The van der Waals surface area contributed by atoms with Gasteiger partial charge < -0.3 is 9.84 Å². The summed E-state index contributed by atoms with van der Waals surface area (Å²) in [5.41, 5.74) is 0. The molecule has 1 rings (SSSR count). The van der Waals surface area contributed by atoms with Crippen molar-refractivity contribution in [1.82, 2.24) is 0 Å². The quantitative estimate of drug-likeness (QED) is 0.804. The van der Waals surface area contributed by atoms with E-state index in [0.29, 0.717) is 17.8 Å². The number of carbonyl (C=O) groups is 1. The van der Waals surface area contributed by atoms with Gasteiger partial charge in [-0.1, -0.05) is 27.7 Å². The first-order valence-electron chi connectivity index (χ1n) is 6.29. The molecule has 16 heavy (non-hydrogen) atoms. The van der Waals surface area contributed by atoms with Crippen LogP contribution in [0.4, 0.5) is 0 Å². The van der Waals surface area contributed by atoms with Crippen molar-refractivity contribution in [2.24, 2.45) is 17.8 Å². The van der Waals surface area contributed by atoms with Crippen LogP contribution >= 0.6 is 0 Å². The second kappa shape index (κ2) is 5.67. The molecular weight excluding hydrogens is 204 g/mol. The van der Waals surface area contributed by atoms with Gasteiger partial charge in [-0.3, -0.25) is 4.79 Å². The fourth-order valence-corrected chi connectivity index (χ4v) is 2.64. The summed E-state index contributed by atoms with van der Waals surface area (Å²) in [6, 6.07) is 0. The highest BCUT2D eigenvalue weighted by molar-refractivity contribution is 5.67. The van der Waals surface area contributed by atoms with Crippen LogP contribution in [0.5, 0.6) is 0 Å². The number of aliphatic carboxylic acids is 1. The average Bonchev–Trinajstić information content (AvgIpc) is 2.16. The maximum absolute atomic E-state index is 10.7. The van der Waals surface area contributed by atoms with Crippen molar-refractivity contribution < 1.29 is 14.6 Å². The summed E-state index contributed by atoms with van der Waals surface area (Å²) in [7, 11) is 0. The number of carboxylic acid groups (broad SMARTS) is 1. The molecule has 3 nitrogen and oxygen atoms in total. The van der Waals surface area contributed by atoms with Crippen LogP contribution in [-0.2, 0) is 9.53 Å². The second-order valence-corrected chi connectivity index (χ2v) is 5.55. The number of ether oxygens (including phenoxy) is 1. The SMILES string of the molecule is CC(C)C1CCC(CC(=O)O)OC1C(C)C. The molecule has 3 atom stereocenters. The largest absolute Gasteiger partial charge is 0.481 e. The Morgan fingerprint density at radius 1 is 1.25 bits per heavy atom. The van der Waals surface area contributed by atoms with Crippen molar-refractivity contribution in [3.8, 4) is 0 Å². The third kappa shape index (κ3) is 3.48. The predicted molar refractivity (Wildman–Crippen MR) is 63.3 cm³/mol. The molecule has 0 aromatic rings. The van der Waals surface area contributed by atoms with E-state index >= 15 is 0 Å². The molecule has 3 unspecified atom stereocenters. The molecule has 1 aliphatic heterocycles. The summed E-state index contributed by atoms with van der Waals surface area (Å²) in [6.07, 6.45) is 2.27. The molecule has 0 radical (unpaired) electrons. The summed E-state index contributed by atoms with van der Waals surface area (Å²) >= 11 is 0. The Morgan fingerprint density at radius 2 is 1.88 bits per heavy atom. The normalized spacial score (nSPS) is 31.0. The topological polar surface area (TPSA) is 46.5 Å². The van der Waals surface area contributed by atoms with Crippen molar-refractivity contribution in [2.45, 2.75) is 59.2 Å². The van der Waals surface area contributed by atoms with E-state index in [2.05, 4.69) is 27.7 Å². The number of hydrogen-bond acceptors (Lipinski definition) is 2. The van der Waals surface area contributed by atoms with Gasteiger partial charge in [-0.2, -0.15) is 0 Å². The van der Waals surface area contributed by atoms with Gasteiger partial charge in [0.15, 0.2) is 0 Å². The van der Waals surface area contributed by atoms with Crippen LogP contribution in [0, 0.1) is 17.8 Å². The Kier molecular flexibility index (Phi) is 4.78. The van der Waals surface area contributed by atoms with Crippen molar-refractivity contribution in [2.75, 3.05) is 0 Å². The third-order valence-corrected chi connectivity index (χ3v) is 3.51. The van der Waals surface area contributed by atoms with Gasteiger partial charge in [0.05, 0.1) is 18.6 Å². The average molecular weight is 228 g/mol. The lowest BCUT2D eigenvalue weighted by Crippen LogP contribution is -2.41. The molecule has 0 bridgehead atoms. The maximum atomic E-state index is 10.7. The Labute approximate surface area is 98.2 Å². The Bertz CT molecular complexity index is 235. The fraction of sp³-hybridized carbons (Fsp3) is 0.923. The molecule has 0 saturated carbocycles. The lowest BCUT2D eigenvalue weighted by molar-refractivity contribution is -0.150. The summed E-state index contributed by atoms with van der Waals surface area (Å²) in [5, 5.41) is 8.79. The zero-order valence-electron chi connectivity index (χ0n) is 10.8. The number of carboxylic acids is 1. The molecule has 94 valence electrons.